The lowest BCUT2D eigenvalue weighted by Crippen LogP contribution is -1.91. The maximum atomic E-state index is 6.38. The Hall–Kier alpha value is -1.90. The molecule has 0 aliphatic carbocycles. The van der Waals surface area contributed by atoms with Gasteiger partial charge in [0.05, 0.1) is 21.4 Å². The highest BCUT2D eigenvalue weighted by atomic mass is 35.5. The molecule has 1 aromatic carbocycles. The van der Waals surface area contributed by atoms with E-state index >= 15 is 0 Å². The molecule has 2 nitrogen and oxygen atoms in total. The molecule has 4 heteroatoms. The number of aromatic nitrogens is 2. The summed E-state index contributed by atoms with van der Waals surface area (Å²) >= 11 is 12.5. The first kappa shape index (κ1) is 13.1. The fourth-order valence-corrected chi connectivity index (χ4v) is 2.47. The number of benzene rings is 1. The second kappa shape index (κ2) is 5.61. The Labute approximate surface area is 127 Å². The Balaban J connectivity index is 2.29. The van der Waals surface area contributed by atoms with Gasteiger partial charge in [-0.05, 0) is 30.3 Å². The summed E-state index contributed by atoms with van der Waals surface area (Å²) in [7, 11) is 0. The lowest BCUT2D eigenvalue weighted by molar-refractivity contribution is 1.30. The van der Waals surface area contributed by atoms with Crippen molar-refractivity contribution in [3.63, 3.8) is 0 Å². The number of hydrogen-bond acceptors (Lipinski definition) is 2. The summed E-state index contributed by atoms with van der Waals surface area (Å²) in [5, 5.41) is 1.00. The molecular weight excluding hydrogens is 291 g/mol. The topological polar surface area (TPSA) is 25.8 Å². The fourth-order valence-electron chi connectivity index (χ4n) is 2.05. The van der Waals surface area contributed by atoms with Gasteiger partial charge in [0.1, 0.15) is 0 Å². The smallest absolute Gasteiger partial charge is 0.0724 e. The molecule has 0 aliphatic heterocycles. The molecular formula is C16H10Cl2N2. The summed E-state index contributed by atoms with van der Waals surface area (Å²) in [6.07, 6.45) is 3.48. The summed E-state index contributed by atoms with van der Waals surface area (Å²) in [5.74, 6) is 0. The molecule has 0 spiro atoms. The van der Waals surface area contributed by atoms with E-state index in [0.29, 0.717) is 10.0 Å². The van der Waals surface area contributed by atoms with Crippen molar-refractivity contribution in [1.82, 2.24) is 9.97 Å². The van der Waals surface area contributed by atoms with E-state index < -0.39 is 0 Å². The number of rotatable bonds is 2. The van der Waals surface area contributed by atoms with Gasteiger partial charge < -0.3 is 0 Å². The number of hydrogen-bond donors (Lipinski definition) is 0. The second-order valence-corrected chi connectivity index (χ2v) is 5.00. The lowest BCUT2D eigenvalue weighted by atomic mass is 10.0. The highest BCUT2D eigenvalue weighted by Gasteiger charge is 2.15. The van der Waals surface area contributed by atoms with E-state index in [0.717, 1.165) is 22.5 Å². The molecule has 0 N–H and O–H groups in total. The van der Waals surface area contributed by atoms with E-state index in [9.17, 15) is 0 Å². The van der Waals surface area contributed by atoms with Crippen molar-refractivity contribution in [2.75, 3.05) is 0 Å². The zero-order valence-electron chi connectivity index (χ0n) is 10.4. The standard InChI is InChI=1S/C16H10Cl2N2/c17-12-8-7-11(13-5-1-3-9-19-13)15(16(12)18)14-6-2-4-10-20-14/h1-10H. The molecule has 0 saturated heterocycles. The Kier molecular flexibility index (Phi) is 3.68. The summed E-state index contributed by atoms with van der Waals surface area (Å²) < 4.78 is 0. The van der Waals surface area contributed by atoms with Gasteiger partial charge in [-0.3, -0.25) is 9.97 Å². The zero-order valence-corrected chi connectivity index (χ0v) is 11.9. The van der Waals surface area contributed by atoms with E-state index in [-0.39, 0.29) is 0 Å². The van der Waals surface area contributed by atoms with Gasteiger partial charge in [0.25, 0.3) is 0 Å². The molecule has 2 aromatic heterocycles. The third-order valence-corrected chi connectivity index (χ3v) is 3.76. The summed E-state index contributed by atoms with van der Waals surface area (Å²) in [6, 6.07) is 15.1. The molecule has 0 aliphatic rings. The average Bonchev–Trinajstić information content (AvgIpc) is 2.51. The van der Waals surface area contributed by atoms with Gasteiger partial charge in [0, 0.05) is 23.5 Å². The van der Waals surface area contributed by atoms with Crippen molar-refractivity contribution in [3.05, 3.63) is 71.0 Å². The SMILES string of the molecule is Clc1ccc(-c2ccccn2)c(-c2ccccn2)c1Cl. The molecule has 2 heterocycles. The van der Waals surface area contributed by atoms with Gasteiger partial charge in [-0.2, -0.15) is 0 Å². The fraction of sp³-hybridized carbons (Fsp3) is 0. The highest BCUT2D eigenvalue weighted by Crippen LogP contribution is 2.39. The van der Waals surface area contributed by atoms with Crippen molar-refractivity contribution in [2.45, 2.75) is 0 Å². The number of halogens is 2. The molecule has 20 heavy (non-hydrogen) atoms. The largest absolute Gasteiger partial charge is 0.256 e. The van der Waals surface area contributed by atoms with Crippen LogP contribution in [0.25, 0.3) is 22.5 Å². The number of nitrogens with zero attached hydrogens (tertiary/aromatic N) is 2. The van der Waals surface area contributed by atoms with Gasteiger partial charge in [-0.15, -0.1) is 0 Å². The highest BCUT2D eigenvalue weighted by molar-refractivity contribution is 6.44. The van der Waals surface area contributed by atoms with E-state index in [1.807, 2.05) is 42.5 Å². The summed E-state index contributed by atoms with van der Waals surface area (Å²) in [4.78, 5) is 8.74. The first-order chi connectivity index (χ1) is 9.77. The Bertz CT molecular complexity index is 728. The third-order valence-electron chi connectivity index (χ3n) is 2.96. The predicted molar refractivity (Wildman–Crippen MR) is 82.9 cm³/mol. The van der Waals surface area contributed by atoms with Crippen molar-refractivity contribution in [2.24, 2.45) is 0 Å². The minimum absolute atomic E-state index is 0.494. The molecule has 0 amide bonds. The minimum atomic E-state index is 0.494. The molecule has 0 radical (unpaired) electrons. The van der Waals surface area contributed by atoms with Gasteiger partial charge in [0.15, 0.2) is 0 Å². The molecule has 3 rings (SSSR count). The summed E-state index contributed by atoms with van der Waals surface area (Å²) in [5.41, 5.74) is 3.34. The van der Waals surface area contributed by atoms with E-state index in [1.165, 1.54) is 0 Å². The van der Waals surface area contributed by atoms with Crippen LogP contribution in [0.4, 0.5) is 0 Å². The van der Waals surface area contributed by atoms with Crippen LogP contribution in [0.5, 0.6) is 0 Å². The third kappa shape index (κ3) is 2.40. The van der Waals surface area contributed by atoms with Crippen LogP contribution in [0.3, 0.4) is 0 Å². The first-order valence-corrected chi connectivity index (χ1v) is 6.84. The summed E-state index contributed by atoms with van der Waals surface area (Å²) in [6.45, 7) is 0. The maximum Gasteiger partial charge on any atom is 0.0724 e. The van der Waals surface area contributed by atoms with Crippen LogP contribution in [0, 0.1) is 0 Å². The normalized spacial score (nSPS) is 10.5. The second-order valence-electron chi connectivity index (χ2n) is 4.21. The molecule has 0 fully saturated rings. The van der Waals surface area contributed by atoms with Crippen LogP contribution in [0.15, 0.2) is 60.9 Å². The van der Waals surface area contributed by atoms with Gasteiger partial charge in [-0.1, -0.05) is 41.4 Å². The van der Waals surface area contributed by atoms with Crippen LogP contribution in [-0.2, 0) is 0 Å². The molecule has 0 bridgehead atoms. The molecule has 0 saturated carbocycles. The molecule has 3 aromatic rings. The van der Waals surface area contributed by atoms with Gasteiger partial charge in [-0.25, -0.2) is 0 Å². The van der Waals surface area contributed by atoms with Crippen molar-refractivity contribution in [3.8, 4) is 22.5 Å². The van der Waals surface area contributed by atoms with E-state index in [4.69, 9.17) is 23.2 Å². The molecule has 0 atom stereocenters. The van der Waals surface area contributed by atoms with Gasteiger partial charge in [0.2, 0.25) is 0 Å². The Morgan fingerprint density at radius 2 is 1.35 bits per heavy atom. The van der Waals surface area contributed by atoms with Crippen LogP contribution >= 0.6 is 23.2 Å². The monoisotopic (exact) mass is 300 g/mol. The number of pyridine rings is 2. The van der Waals surface area contributed by atoms with E-state index in [1.54, 1.807) is 18.5 Å². The molecule has 98 valence electrons. The van der Waals surface area contributed by atoms with Crippen LogP contribution in [0.2, 0.25) is 10.0 Å². The van der Waals surface area contributed by atoms with Crippen molar-refractivity contribution in [1.29, 1.82) is 0 Å². The Morgan fingerprint density at radius 3 is 1.95 bits per heavy atom. The molecule has 0 unspecified atom stereocenters. The lowest BCUT2D eigenvalue weighted by Gasteiger charge is -2.11. The van der Waals surface area contributed by atoms with Crippen molar-refractivity contribution < 1.29 is 0 Å². The minimum Gasteiger partial charge on any atom is -0.256 e. The Morgan fingerprint density at radius 1 is 0.700 bits per heavy atom. The van der Waals surface area contributed by atoms with Crippen LogP contribution < -0.4 is 0 Å². The van der Waals surface area contributed by atoms with Gasteiger partial charge >= 0.3 is 0 Å². The van der Waals surface area contributed by atoms with Crippen LogP contribution in [-0.4, -0.2) is 9.97 Å². The predicted octanol–water partition coefficient (Wildman–Crippen LogP) is 5.12. The quantitative estimate of drug-likeness (QED) is 0.656. The van der Waals surface area contributed by atoms with Crippen LogP contribution in [0.1, 0.15) is 0 Å². The van der Waals surface area contributed by atoms with E-state index in [2.05, 4.69) is 9.97 Å². The average molecular weight is 301 g/mol. The first-order valence-electron chi connectivity index (χ1n) is 6.08. The zero-order chi connectivity index (χ0) is 13.9. The van der Waals surface area contributed by atoms with Crippen molar-refractivity contribution >= 4 is 23.2 Å². The maximum absolute atomic E-state index is 6.38.